The largest absolute Gasteiger partial charge is 0.416 e. The van der Waals surface area contributed by atoms with E-state index in [1.54, 1.807) is 0 Å². The van der Waals surface area contributed by atoms with Crippen LogP contribution in [0.4, 0.5) is 13.2 Å². The summed E-state index contributed by atoms with van der Waals surface area (Å²) in [6.07, 6.45) is -4.07. The van der Waals surface area contributed by atoms with E-state index in [0.29, 0.717) is 6.42 Å². The second-order valence-corrected chi connectivity index (χ2v) is 5.07. The fourth-order valence-electron chi connectivity index (χ4n) is 1.85. The number of nitrogens with two attached hydrogens (primary N) is 1. The minimum atomic E-state index is -4.47. The van der Waals surface area contributed by atoms with Crippen molar-refractivity contribution in [2.45, 2.75) is 19.3 Å². The summed E-state index contributed by atoms with van der Waals surface area (Å²) in [5.41, 5.74) is 4.42. The minimum Gasteiger partial charge on any atom is -0.396 e. The van der Waals surface area contributed by atoms with Gasteiger partial charge in [0.15, 0.2) is 0 Å². The number of alkyl halides is 3. The maximum absolute atomic E-state index is 12.7. The number of benzene rings is 1. The Hall–Kier alpha value is -2.90. The van der Waals surface area contributed by atoms with Crippen molar-refractivity contribution in [2.24, 2.45) is 5.73 Å². The first-order chi connectivity index (χ1) is 12.3. The molecular formula is C16H15F3N4O3. The molecule has 0 fully saturated rings. The molecule has 0 atom stereocenters. The van der Waals surface area contributed by atoms with Gasteiger partial charge in [0.25, 0.3) is 5.91 Å². The Balaban J connectivity index is 2.26. The standard InChI is InChI=1S/C16H15F3N4O3/c17-16(18,19)12-4-1-3-11(9-12)5-6-13-21-15(14(20)25)22-23(13)10-26-8-2-7-24/h1,3-4,9,24H,2,7-8,10H2,(H2,20,25). The van der Waals surface area contributed by atoms with Crippen LogP contribution < -0.4 is 5.73 Å². The number of hydrogen-bond donors (Lipinski definition) is 2. The van der Waals surface area contributed by atoms with Crippen molar-refractivity contribution in [3.63, 3.8) is 0 Å². The molecule has 3 N–H and O–H groups in total. The molecule has 0 aliphatic heterocycles. The first kappa shape index (κ1) is 19.4. The van der Waals surface area contributed by atoms with E-state index < -0.39 is 17.6 Å². The van der Waals surface area contributed by atoms with Crippen molar-refractivity contribution in [3.05, 3.63) is 47.0 Å². The Bertz CT molecular complexity index is 837. The number of nitrogens with zero attached hydrogens (tertiary/aromatic N) is 3. The summed E-state index contributed by atoms with van der Waals surface area (Å²) in [4.78, 5) is 15.1. The van der Waals surface area contributed by atoms with Gasteiger partial charge in [0.2, 0.25) is 11.6 Å². The molecule has 0 unspecified atom stereocenters. The van der Waals surface area contributed by atoms with E-state index in [9.17, 15) is 18.0 Å². The summed E-state index contributed by atoms with van der Waals surface area (Å²) in [5.74, 6) is 3.96. The Morgan fingerprint density at radius 1 is 1.35 bits per heavy atom. The number of carbonyl (C=O) groups excluding carboxylic acids is 1. The topological polar surface area (TPSA) is 103 Å². The molecule has 26 heavy (non-hydrogen) atoms. The van der Waals surface area contributed by atoms with Gasteiger partial charge in [-0.3, -0.25) is 4.79 Å². The molecule has 10 heteroatoms. The number of carbonyl (C=O) groups is 1. The molecule has 138 valence electrons. The normalized spacial score (nSPS) is 11.1. The number of aliphatic hydroxyl groups is 1. The predicted octanol–water partition coefficient (Wildman–Crippen LogP) is 1.15. The van der Waals surface area contributed by atoms with Gasteiger partial charge in [0.1, 0.15) is 6.73 Å². The smallest absolute Gasteiger partial charge is 0.396 e. The SMILES string of the molecule is NC(=O)c1nc(C#Cc2cccc(C(F)(F)F)c2)n(COCCCO)n1. The Kier molecular flexibility index (Phi) is 6.32. The van der Waals surface area contributed by atoms with Crippen LogP contribution in [0.1, 0.15) is 34.0 Å². The van der Waals surface area contributed by atoms with Crippen molar-refractivity contribution < 1.29 is 27.8 Å². The van der Waals surface area contributed by atoms with Crippen LogP contribution >= 0.6 is 0 Å². The quantitative estimate of drug-likeness (QED) is 0.588. The highest BCUT2D eigenvalue weighted by atomic mass is 19.4. The molecule has 2 rings (SSSR count). The lowest BCUT2D eigenvalue weighted by molar-refractivity contribution is -0.137. The van der Waals surface area contributed by atoms with Gasteiger partial charge in [-0.15, -0.1) is 5.10 Å². The van der Waals surface area contributed by atoms with Crippen LogP contribution in [0.2, 0.25) is 0 Å². The zero-order chi connectivity index (χ0) is 19.2. The molecular weight excluding hydrogens is 353 g/mol. The second kappa shape index (κ2) is 8.46. The van der Waals surface area contributed by atoms with Crippen molar-refractivity contribution in [1.29, 1.82) is 0 Å². The summed E-state index contributed by atoms with van der Waals surface area (Å²) >= 11 is 0. The van der Waals surface area contributed by atoms with Crippen molar-refractivity contribution >= 4 is 5.91 Å². The molecule has 1 heterocycles. The van der Waals surface area contributed by atoms with Crippen molar-refractivity contribution in [1.82, 2.24) is 14.8 Å². The van der Waals surface area contributed by atoms with Gasteiger partial charge >= 0.3 is 6.18 Å². The van der Waals surface area contributed by atoms with Crippen LogP contribution in [-0.4, -0.2) is 39.0 Å². The molecule has 1 amide bonds. The zero-order valence-corrected chi connectivity index (χ0v) is 13.5. The highest BCUT2D eigenvalue weighted by molar-refractivity contribution is 5.88. The first-order valence-electron chi connectivity index (χ1n) is 7.44. The van der Waals surface area contributed by atoms with Gasteiger partial charge in [-0.2, -0.15) is 18.2 Å². The average molecular weight is 368 g/mol. The lowest BCUT2D eigenvalue weighted by atomic mass is 10.1. The summed E-state index contributed by atoms with van der Waals surface area (Å²) < 4.78 is 44.6. The second-order valence-electron chi connectivity index (χ2n) is 5.07. The molecule has 1 aromatic heterocycles. The molecule has 0 saturated carbocycles. The maximum atomic E-state index is 12.7. The van der Waals surface area contributed by atoms with E-state index in [4.69, 9.17) is 15.6 Å². The summed E-state index contributed by atoms with van der Waals surface area (Å²) in [7, 11) is 0. The Morgan fingerprint density at radius 3 is 2.77 bits per heavy atom. The van der Waals surface area contributed by atoms with E-state index in [2.05, 4.69) is 21.9 Å². The molecule has 0 aliphatic carbocycles. The van der Waals surface area contributed by atoms with Crippen LogP contribution in [0.3, 0.4) is 0 Å². The maximum Gasteiger partial charge on any atom is 0.416 e. The van der Waals surface area contributed by atoms with Gasteiger partial charge < -0.3 is 15.6 Å². The highest BCUT2D eigenvalue weighted by Crippen LogP contribution is 2.29. The minimum absolute atomic E-state index is 0.0141. The lowest BCUT2D eigenvalue weighted by Crippen LogP contribution is -2.14. The summed E-state index contributed by atoms with van der Waals surface area (Å²) in [5, 5.41) is 12.5. The average Bonchev–Trinajstić information content (AvgIpc) is 3.00. The fraction of sp³-hybridized carbons (Fsp3) is 0.312. The summed E-state index contributed by atoms with van der Waals surface area (Å²) in [6, 6.07) is 4.49. The van der Waals surface area contributed by atoms with Crippen LogP contribution in [0, 0.1) is 11.8 Å². The molecule has 7 nitrogen and oxygen atoms in total. The van der Waals surface area contributed by atoms with E-state index in [-0.39, 0.29) is 37.2 Å². The molecule has 1 aromatic carbocycles. The van der Waals surface area contributed by atoms with Gasteiger partial charge in [-0.05, 0) is 30.5 Å². The number of ether oxygens (including phenoxy) is 1. The van der Waals surface area contributed by atoms with Crippen LogP contribution in [0.25, 0.3) is 0 Å². The van der Waals surface area contributed by atoms with Gasteiger partial charge in [0.05, 0.1) is 12.2 Å². The molecule has 2 aromatic rings. The van der Waals surface area contributed by atoms with Crippen molar-refractivity contribution in [3.8, 4) is 11.8 Å². The molecule has 0 radical (unpaired) electrons. The third kappa shape index (κ3) is 5.30. The molecule has 0 saturated heterocycles. The predicted molar refractivity (Wildman–Crippen MR) is 83.6 cm³/mol. The molecule has 0 aliphatic rings. The van der Waals surface area contributed by atoms with E-state index in [1.807, 2.05) is 0 Å². The van der Waals surface area contributed by atoms with Crippen molar-refractivity contribution in [2.75, 3.05) is 13.2 Å². The van der Waals surface area contributed by atoms with Crippen LogP contribution in [0.15, 0.2) is 24.3 Å². The first-order valence-corrected chi connectivity index (χ1v) is 7.44. The van der Waals surface area contributed by atoms with Gasteiger partial charge in [-0.25, -0.2) is 4.68 Å². The summed E-state index contributed by atoms with van der Waals surface area (Å²) in [6.45, 7) is 0.0851. The van der Waals surface area contributed by atoms with Crippen LogP contribution in [-0.2, 0) is 17.6 Å². The number of rotatable bonds is 6. The Labute approximate surface area is 146 Å². The zero-order valence-electron chi connectivity index (χ0n) is 13.5. The number of halogens is 3. The van der Waals surface area contributed by atoms with E-state index >= 15 is 0 Å². The third-order valence-electron chi connectivity index (χ3n) is 3.06. The number of aromatic nitrogens is 3. The number of primary amides is 1. The number of amides is 1. The number of aliphatic hydroxyl groups excluding tert-OH is 1. The van der Waals surface area contributed by atoms with Crippen LogP contribution in [0.5, 0.6) is 0 Å². The van der Waals surface area contributed by atoms with Gasteiger partial charge in [-0.1, -0.05) is 12.0 Å². The molecule has 0 spiro atoms. The third-order valence-corrected chi connectivity index (χ3v) is 3.06. The lowest BCUT2D eigenvalue weighted by Gasteiger charge is -2.05. The highest BCUT2D eigenvalue weighted by Gasteiger charge is 2.30. The van der Waals surface area contributed by atoms with E-state index in [1.165, 1.54) is 12.1 Å². The number of hydrogen-bond acceptors (Lipinski definition) is 5. The van der Waals surface area contributed by atoms with E-state index in [0.717, 1.165) is 16.8 Å². The van der Waals surface area contributed by atoms with Gasteiger partial charge in [0, 0.05) is 12.2 Å². The monoisotopic (exact) mass is 368 g/mol. The molecule has 0 bridgehead atoms. The fourth-order valence-corrected chi connectivity index (χ4v) is 1.85. The Morgan fingerprint density at radius 2 is 2.12 bits per heavy atom.